The van der Waals surface area contributed by atoms with Crippen molar-refractivity contribution in [3.8, 4) is 5.69 Å². The van der Waals surface area contributed by atoms with Crippen LogP contribution in [0.4, 0.5) is 11.4 Å². The highest BCUT2D eigenvalue weighted by molar-refractivity contribution is 9.10. The number of nitrogens with one attached hydrogen (secondary N) is 2. The predicted molar refractivity (Wildman–Crippen MR) is 171 cm³/mol. The van der Waals surface area contributed by atoms with Crippen molar-refractivity contribution in [3.63, 3.8) is 0 Å². The molecule has 1 aliphatic heterocycles. The number of carbonyl (C=O) groups excluding carboxylic acids is 2. The number of anilines is 1. The summed E-state index contributed by atoms with van der Waals surface area (Å²) in [6.07, 6.45) is 2.01. The zero-order valence-corrected chi connectivity index (χ0v) is 25.6. The van der Waals surface area contributed by atoms with Crippen LogP contribution in [0.2, 0.25) is 0 Å². The molecule has 0 aliphatic carbocycles. The molecule has 3 heterocycles. The molecule has 5 aromatic rings. The van der Waals surface area contributed by atoms with Crippen LogP contribution in [0, 0.1) is 6.57 Å². The molecule has 10 nitrogen and oxygen atoms in total. The molecular weight excluding hydrogens is 622 g/mol. The Morgan fingerprint density at radius 1 is 1.07 bits per heavy atom. The van der Waals surface area contributed by atoms with E-state index in [1.807, 2.05) is 37.3 Å². The maximum absolute atomic E-state index is 14.3. The van der Waals surface area contributed by atoms with Crippen molar-refractivity contribution >= 4 is 44.8 Å². The van der Waals surface area contributed by atoms with E-state index in [-0.39, 0.29) is 30.0 Å². The van der Waals surface area contributed by atoms with Gasteiger partial charge in [-0.15, -0.1) is 0 Å². The number of benzene rings is 3. The van der Waals surface area contributed by atoms with Gasteiger partial charge in [-0.3, -0.25) is 19.0 Å². The van der Waals surface area contributed by atoms with Crippen molar-refractivity contribution in [2.45, 2.75) is 32.5 Å². The van der Waals surface area contributed by atoms with Gasteiger partial charge in [0, 0.05) is 40.8 Å². The van der Waals surface area contributed by atoms with Crippen molar-refractivity contribution in [2.75, 3.05) is 12.4 Å². The number of aromatic nitrogens is 3. The Bertz CT molecular complexity index is 2010. The standard InChI is InChI=1S/C33H28BrN7O3/c1-20-15-25-29(19-39(20)32(43)23-11-14-26(34)27(16-23)35-2)41-31(28(18-38-41)37-17-21-7-5-4-6-8-21)40(33(25)44)24-12-9-22(10-13-24)30(42)36-3/h4-14,16,18,20,37H,15,17,19H2,1,3H3,(H,36,42)/t20-/m0/s1. The number of halogens is 1. The molecule has 1 atom stereocenters. The molecule has 11 heteroatoms. The number of fused-ring (bicyclic) bond motifs is 3. The Morgan fingerprint density at radius 2 is 1.80 bits per heavy atom. The summed E-state index contributed by atoms with van der Waals surface area (Å²) in [5, 5.41) is 10.8. The van der Waals surface area contributed by atoms with E-state index in [4.69, 9.17) is 11.7 Å². The highest BCUT2D eigenvalue weighted by atomic mass is 79.9. The fourth-order valence-electron chi connectivity index (χ4n) is 5.56. The Balaban J connectivity index is 1.47. The number of hydrogen-bond acceptors (Lipinski definition) is 5. The normalized spacial score (nSPS) is 14.1. The SMILES string of the molecule is [C-]#[N+]c1cc(C(=O)N2Cc3c(c(=O)n(-c4ccc(C(=O)NC)cc4)c4c(NCc5ccccc5)cnn34)C[C@@H]2C)ccc1Br. The molecule has 220 valence electrons. The van der Waals surface area contributed by atoms with Crippen LogP contribution in [-0.4, -0.2) is 44.0 Å². The predicted octanol–water partition coefficient (Wildman–Crippen LogP) is 5.36. The number of carbonyl (C=O) groups is 2. The average Bonchev–Trinajstić information content (AvgIpc) is 3.47. The monoisotopic (exact) mass is 649 g/mol. The minimum absolute atomic E-state index is 0.167. The van der Waals surface area contributed by atoms with Gasteiger partial charge in [0.1, 0.15) is 0 Å². The van der Waals surface area contributed by atoms with E-state index in [0.717, 1.165) is 5.56 Å². The number of hydrogen-bond donors (Lipinski definition) is 2. The summed E-state index contributed by atoms with van der Waals surface area (Å²) < 4.78 is 3.97. The van der Waals surface area contributed by atoms with Crippen LogP contribution in [0.15, 0.2) is 88.3 Å². The minimum Gasteiger partial charge on any atom is -0.377 e. The fourth-order valence-corrected chi connectivity index (χ4v) is 5.90. The summed E-state index contributed by atoms with van der Waals surface area (Å²) in [6, 6.07) is 21.5. The quantitative estimate of drug-likeness (QED) is 0.241. The largest absolute Gasteiger partial charge is 0.377 e. The first-order valence-electron chi connectivity index (χ1n) is 14.0. The van der Waals surface area contributed by atoms with Gasteiger partial charge >= 0.3 is 0 Å². The lowest BCUT2D eigenvalue weighted by Crippen LogP contribution is -2.46. The molecule has 2 amide bonds. The third-order valence-electron chi connectivity index (χ3n) is 7.89. The zero-order valence-electron chi connectivity index (χ0n) is 24.0. The van der Waals surface area contributed by atoms with E-state index in [1.54, 1.807) is 69.7 Å². The molecule has 3 aromatic carbocycles. The van der Waals surface area contributed by atoms with Gasteiger partial charge in [-0.2, -0.15) is 5.10 Å². The van der Waals surface area contributed by atoms with E-state index in [9.17, 15) is 14.4 Å². The Labute approximate surface area is 261 Å². The fraction of sp³-hybridized carbons (Fsp3) is 0.182. The Hall–Kier alpha value is -5.21. The van der Waals surface area contributed by atoms with Gasteiger partial charge in [0.2, 0.25) is 5.69 Å². The van der Waals surface area contributed by atoms with E-state index < -0.39 is 0 Å². The Morgan fingerprint density at radius 3 is 2.50 bits per heavy atom. The van der Waals surface area contributed by atoms with Crippen molar-refractivity contribution in [1.82, 2.24) is 24.4 Å². The molecule has 2 N–H and O–H groups in total. The first-order valence-corrected chi connectivity index (χ1v) is 14.8. The van der Waals surface area contributed by atoms with Crippen LogP contribution in [-0.2, 0) is 19.5 Å². The molecule has 44 heavy (non-hydrogen) atoms. The van der Waals surface area contributed by atoms with Crippen molar-refractivity contribution in [2.24, 2.45) is 0 Å². The molecule has 0 radical (unpaired) electrons. The van der Waals surface area contributed by atoms with Gasteiger partial charge in [-0.1, -0.05) is 58.4 Å². The molecule has 6 rings (SSSR count). The van der Waals surface area contributed by atoms with Crippen LogP contribution >= 0.6 is 15.9 Å². The summed E-state index contributed by atoms with van der Waals surface area (Å²) in [4.78, 5) is 45.5. The van der Waals surface area contributed by atoms with Gasteiger partial charge < -0.3 is 15.5 Å². The molecule has 0 fully saturated rings. The highest BCUT2D eigenvalue weighted by Crippen LogP contribution is 2.31. The minimum atomic E-state index is -0.282. The lowest BCUT2D eigenvalue weighted by Gasteiger charge is -2.35. The first-order chi connectivity index (χ1) is 21.3. The third kappa shape index (κ3) is 5.14. The molecule has 0 unspecified atom stereocenters. The van der Waals surface area contributed by atoms with Crippen LogP contribution in [0.3, 0.4) is 0 Å². The number of nitrogens with zero attached hydrogens (tertiary/aromatic N) is 5. The van der Waals surface area contributed by atoms with Gasteiger partial charge in [0.05, 0.1) is 36.4 Å². The van der Waals surface area contributed by atoms with Crippen molar-refractivity contribution < 1.29 is 9.59 Å². The molecule has 0 spiro atoms. The lowest BCUT2D eigenvalue weighted by atomic mass is 9.98. The molecule has 0 bridgehead atoms. The third-order valence-corrected chi connectivity index (χ3v) is 8.56. The molecule has 1 aliphatic rings. The van der Waals surface area contributed by atoms with E-state index in [2.05, 4.69) is 31.4 Å². The second-order valence-corrected chi connectivity index (χ2v) is 11.4. The summed E-state index contributed by atoms with van der Waals surface area (Å²) >= 11 is 3.36. The van der Waals surface area contributed by atoms with Crippen LogP contribution < -0.4 is 16.2 Å². The smallest absolute Gasteiger partial charge is 0.261 e. The number of amides is 2. The van der Waals surface area contributed by atoms with Crippen LogP contribution in [0.25, 0.3) is 16.2 Å². The van der Waals surface area contributed by atoms with E-state index in [0.29, 0.717) is 62.5 Å². The maximum Gasteiger partial charge on any atom is 0.261 e. The van der Waals surface area contributed by atoms with Crippen molar-refractivity contribution in [3.05, 3.63) is 133 Å². The van der Waals surface area contributed by atoms with Gasteiger partial charge in [0.15, 0.2) is 5.65 Å². The van der Waals surface area contributed by atoms with Crippen LogP contribution in [0.5, 0.6) is 0 Å². The van der Waals surface area contributed by atoms with Crippen LogP contribution in [0.1, 0.15) is 44.5 Å². The molecule has 0 saturated carbocycles. The Kier molecular flexibility index (Phi) is 7.76. The highest BCUT2D eigenvalue weighted by Gasteiger charge is 2.33. The van der Waals surface area contributed by atoms with Gasteiger partial charge in [-0.05, 0) is 49.2 Å². The second-order valence-electron chi connectivity index (χ2n) is 10.6. The first kappa shape index (κ1) is 28.9. The van der Waals surface area contributed by atoms with E-state index in [1.165, 1.54) is 0 Å². The average molecular weight is 651 g/mol. The summed E-state index contributed by atoms with van der Waals surface area (Å²) in [6.45, 7) is 10.0. The summed E-state index contributed by atoms with van der Waals surface area (Å²) in [7, 11) is 1.57. The molecule has 2 aromatic heterocycles. The maximum atomic E-state index is 14.3. The molecular formula is C33H28BrN7O3. The lowest BCUT2D eigenvalue weighted by molar-refractivity contribution is 0.0651. The summed E-state index contributed by atoms with van der Waals surface area (Å²) in [5.74, 6) is -0.445. The van der Waals surface area contributed by atoms with Gasteiger partial charge in [0.25, 0.3) is 17.4 Å². The van der Waals surface area contributed by atoms with Crippen molar-refractivity contribution in [1.29, 1.82) is 0 Å². The zero-order chi connectivity index (χ0) is 31.0. The molecule has 0 saturated heterocycles. The number of rotatable bonds is 6. The summed E-state index contributed by atoms with van der Waals surface area (Å²) in [5.41, 5.74) is 5.06. The second kappa shape index (κ2) is 11.8. The van der Waals surface area contributed by atoms with Gasteiger partial charge in [-0.25, -0.2) is 9.36 Å². The topological polar surface area (TPSA) is 105 Å². The van der Waals surface area contributed by atoms with E-state index >= 15 is 0 Å².